The third-order valence-corrected chi connectivity index (χ3v) is 6.47. The van der Waals surface area contributed by atoms with E-state index in [9.17, 15) is 9.59 Å². The van der Waals surface area contributed by atoms with Crippen LogP contribution in [-0.4, -0.2) is 50.3 Å². The Morgan fingerprint density at radius 3 is 2.67 bits per heavy atom. The van der Waals surface area contributed by atoms with Crippen LogP contribution in [0.2, 0.25) is 0 Å². The molecule has 4 rings (SSSR count). The molecule has 0 aliphatic rings. The van der Waals surface area contributed by atoms with Gasteiger partial charge in [0, 0.05) is 55.9 Å². The van der Waals surface area contributed by atoms with E-state index in [-0.39, 0.29) is 17.9 Å². The smallest absolute Gasteiger partial charge is 0.267 e. The zero-order valence-electron chi connectivity index (χ0n) is 18.6. The highest BCUT2D eigenvalue weighted by molar-refractivity contribution is 9.10. The number of pyridine rings is 1. The molecular weight excluding hydrogens is 482 g/mol. The summed E-state index contributed by atoms with van der Waals surface area (Å²) >= 11 is 3.53. The Morgan fingerprint density at radius 1 is 1.15 bits per heavy atom. The monoisotopic (exact) mass is 507 g/mol. The molecule has 0 aliphatic carbocycles. The third kappa shape index (κ3) is 5.17. The Labute approximate surface area is 201 Å². The van der Waals surface area contributed by atoms with E-state index in [0.29, 0.717) is 40.8 Å². The Bertz CT molecular complexity index is 1260. The van der Waals surface area contributed by atoms with Crippen molar-refractivity contribution in [2.24, 2.45) is 7.05 Å². The Morgan fingerprint density at radius 2 is 1.94 bits per heavy atom. The summed E-state index contributed by atoms with van der Waals surface area (Å²) in [7, 11) is 3.66. The fraction of sp³-hybridized carbons (Fsp3) is 0.240. The van der Waals surface area contributed by atoms with Crippen molar-refractivity contribution < 1.29 is 9.59 Å². The van der Waals surface area contributed by atoms with Crippen LogP contribution in [0.5, 0.6) is 0 Å². The molecule has 1 atom stereocenters. The molecular formula is C25H26BrN5O2. The average molecular weight is 508 g/mol. The van der Waals surface area contributed by atoms with Gasteiger partial charge in [-0.1, -0.05) is 30.3 Å². The van der Waals surface area contributed by atoms with Crippen molar-refractivity contribution in [2.45, 2.75) is 18.9 Å². The van der Waals surface area contributed by atoms with Gasteiger partial charge in [-0.2, -0.15) is 0 Å². The van der Waals surface area contributed by atoms with Crippen molar-refractivity contribution in [1.82, 2.24) is 24.2 Å². The van der Waals surface area contributed by atoms with Gasteiger partial charge in [0.15, 0.2) is 0 Å². The number of rotatable bonds is 8. The fourth-order valence-electron chi connectivity index (χ4n) is 3.91. The average Bonchev–Trinajstić information content (AvgIpc) is 3.45. The van der Waals surface area contributed by atoms with Gasteiger partial charge in [-0.05, 0) is 52.5 Å². The van der Waals surface area contributed by atoms with Gasteiger partial charge in [-0.15, -0.1) is 0 Å². The number of fused-ring (bicyclic) bond motifs is 1. The fourth-order valence-corrected chi connectivity index (χ4v) is 4.42. The maximum Gasteiger partial charge on any atom is 0.267 e. The van der Waals surface area contributed by atoms with Crippen LogP contribution in [0, 0.1) is 0 Å². The van der Waals surface area contributed by atoms with Crippen molar-refractivity contribution in [3.05, 3.63) is 94.6 Å². The number of hydrogen-bond acceptors (Lipinski definition) is 3. The minimum Gasteiger partial charge on any atom is -0.351 e. The molecule has 0 aliphatic heterocycles. The van der Waals surface area contributed by atoms with Crippen LogP contribution >= 0.6 is 15.9 Å². The normalized spacial score (nSPS) is 12.0. The lowest BCUT2D eigenvalue weighted by atomic mass is 10.0. The molecule has 0 radical (unpaired) electrons. The van der Waals surface area contributed by atoms with E-state index in [1.807, 2.05) is 61.4 Å². The minimum atomic E-state index is -0.123. The molecule has 8 heteroatoms. The molecule has 1 aromatic carbocycles. The van der Waals surface area contributed by atoms with Gasteiger partial charge >= 0.3 is 0 Å². The second kappa shape index (κ2) is 10.0. The molecule has 170 valence electrons. The van der Waals surface area contributed by atoms with Gasteiger partial charge in [-0.3, -0.25) is 9.59 Å². The molecule has 3 aromatic heterocycles. The summed E-state index contributed by atoms with van der Waals surface area (Å²) in [4.78, 5) is 32.0. The summed E-state index contributed by atoms with van der Waals surface area (Å²) in [6, 6.07) is 15.4. The Hall–Kier alpha value is -3.39. The number of carbonyl (C=O) groups excluding carboxylic acids is 2. The quantitative estimate of drug-likeness (QED) is 0.392. The van der Waals surface area contributed by atoms with E-state index >= 15 is 0 Å². The molecule has 0 saturated heterocycles. The molecule has 0 fully saturated rings. The van der Waals surface area contributed by atoms with Crippen LogP contribution < -0.4 is 5.32 Å². The first kappa shape index (κ1) is 22.8. The molecule has 2 amide bonds. The standard InChI is InChI=1S/C25H26BrN5O2/c1-29-13-6-9-22(29)24(32)28-11-10-19(15-18-7-4-3-5-8-18)30(2)25(33)20-16-23-27-12-14-31(23)17-21(20)26/h3-9,12-14,16-17,19H,10-11,15H2,1-2H3,(H,28,32). The number of nitrogens with zero attached hydrogens (tertiary/aromatic N) is 4. The Kier molecular flexibility index (Phi) is 6.93. The van der Waals surface area contributed by atoms with Crippen LogP contribution in [0.4, 0.5) is 0 Å². The van der Waals surface area contributed by atoms with Crippen LogP contribution in [0.25, 0.3) is 5.65 Å². The first-order valence-corrected chi connectivity index (χ1v) is 11.6. The maximum absolute atomic E-state index is 13.5. The van der Waals surface area contributed by atoms with Gasteiger partial charge in [-0.25, -0.2) is 4.98 Å². The zero-order valence-corrected chi connectivity index (χ0v) is 20.2. The summed E-state index contributed by atoms with van der Waals surface area (Å²) in [5.74, 6) is -0.218. The lowest BCUT2D eigenvalue weighted by Gasteiger charge is -2.29. The third-order valence-electron chi connectivity index (χ3n) is 5.83. The number of carbonyl (C=O) groups is 2. The van der Waals surface area contributed by atoms with E-state index in [1.54, 1.807) is 27.8 Å². The van der Waals surface area contributed by atoms with E-state index in [2.05, 4.69) is 38.4 Å². The van der Waals surface area contributed by atoms with Crippen LogP contribution in [0.15, 0.2) is 77.8 Å². The number of nitrogens with one attached hydrogen (secondary N) is 1. The van der Waals surface area contributed by atoms with Crippen molar-refractivity contribution in [1.29, 1.82) is 0 Å². The molecule has 1 unspecified atom stereocenters. The lowest BCUT2D eigenvalue weighted by molar-refractivity contribution is 0.0722. The number of aromatic nitrogens is 3. The van der Waals surface area contributed by atoms with Gasteiger partial charge in [0.2, 0.25) is 0 Å². The lowest BCUT2D eigenvalue weighted by Crippen LogP contribution is -2.41. The van der Waals surface area contributed by atoms with Gasteiger partial charge in [0.1, 0.15) is 11.3 Å². The number of imidazole rings is 1. The molecule has 1 N–H and O–H groups in total. The van der Waals surface area contributed by atoms with Gasteiger partial charge in [0.25, 0.3) is 11.8 Å². The predicted octanol–water partition coefficient (Wildman–Crippen LogP) is 3.94. The maximum atomic E-state index is 13.5. The number of amides is 2. The summed E-state index contributed by atoms with van der Waals surface area (Å²) in [6.45, 7) is 0.458. The van der Waals surface area contributed by atoms with Crippen molar-refractivity contribution in [2.75, 3.05) is 13.6 Å². The van der Waals surface area contributed by atoms with Crippen LogP contribution in [-0.2, 0) is 13.5 Å². The second-order valence-corrected chi connectivity index (χ2v) is 8.89. The number of halogens is 1. The van der Waals surface area contributed by atoms with Crippen molar-refractivity contribution >= 4 is 33.4 Å². The summed E-state index contributed by atoms with van der Waals surface area (Å²) < 4.78 is 4.36. The topological polar surface area (TPSA) is 71.6 Å². The highest BCUT2D eigenvalue weighted by atomic mass is 79.9. The van der Waals surface area contributed by atoms with Crippen LogP contribution in [0.1, 0.15) is 32.8 Å². The minimum absolute atomic E-state index is 0.0953. The molecule has 33 heavy (non-hydrogen) atoms. The first-order chi connectivity index (χ1) is 15.9. The predicted molar refractivity (Wildman–Crippen MR) is 131 cm³/mol. The molecule has 3 heterocycles. The molecule has 4 aromatic rings. The van der Waals surface area contributed by atoms with Crippen LogP contribution in [0.3, 0.4) is 0 Å². The van der Waals surface area contributed by atoms with Gasteiger partial charge in [0.05, 0.1) is 5.56 Å². The highest BCUT2D eigenvalue weighted by Gasteiger charge is 2.24. The summed E-state index contributed by atoms with van der Waals surface area (Å²) in [6.07, 6.45) is 8.53. The molecule has 0 spiro atoms. The number of hydrogen-bond donors (Lipinski definition) is 1. The molecule has 0 saturated carbocycles. The number of likely N-dealkylation sites (N-methyl/N-ethyl adjacent to an activating group) is 1. The highest BCUT2D eigenvalue weighted by Crippen LogP contribution is 2.22. The van der Waals surface area contributed by atoms with Gasteiger partial charge < -0.3 is 19.2 Å². The first-order valence-electron chi connectivity index (χ1n) is 10.8. The summed E-state index contributed by atoms with van der Waals surface area (Å²) in [5, 5.41) is 2.99. The molecule has 0 bridgehead atoms. The number of aryl methyl sites for hydroxylation is 1. The Balaban J connectivity index is 1.51. The summed E-state index contributed by atoms with van der Waals surface area (Å²) in [5.41, 5.74) is 3.01. The van der Waals surface area contributed by atoms with Crippen molar-refractivity contribution in [3.8, 4) is 0 Å². The van der Waals surface area contributed by atoms with E-state index in [1.165, 1.54) is 0 Å². The van der Waals surface area contributed by atoms with E-state index in [4.69, 9.17) is 0 Å². The largest absolute Gasteiger partial charge is 0.351 e. The van der Waals surface area contributed by atoms with E-state index in [0.717, 1.165) is 5.56 Å². The van der Waals surface area contributed by atoms with E-state index < -0.39 is 0 Å². The second-order valence-electron chi connectivity index (χ2n) is 8.04. The SMILES string of the molecule is CN(C(=O)c1cc2nccn2cc1Br)C(CCNC(=O)c1cccn1C)Cc1ccccc1. The van der Waals surface area contributed by atoms with Crippen molar-refractivity contribution in [3.63, 3.8) is 0 Å². The number of benzene rings is 1. The molecule has 7 nitrogen and oxygen atoms in total. The zero-order chi connectivity index (χ0) is 23.4.